The molecule has 0 aliphatic carbocycles. The van der Waals surface area contributed by atoms with Crippen molar-refractivity contribution in [1.29, 1.82) is 0 Å². The summed E-state index contributed by atoms with van der Waals surface area (Å²) in [5.41, 5.74) is 1.94. The number of amides is 1. The highest BCUT2D eigenvalue weighted by atomic mass is 79.9. The van der Waals surface area contributed by atoms with Crippen LogP contribution in [0, 0.1) is 0 Å². The van der Waals surface area contributed by atoms with E-state index in [1.807, 2.05) is 18.2 Å². The van der Waals surface area contributed by atoms with E-state index in [4.69, 9.17) is 0 Å². The van der Waals surface area contributed by atoms with Crippen LogP contribution in [0.4, 0.5) is 0 Å². The van der Waals surface area contributed by atoms with Crippen LogP contribution >= 0.6 is 15.9 Å². The number of hydrogen-bond donors (Lipinski definition) is 1. The third kappa shape index (κ3) is 3.26. The van der Waals surface area contributed by atoms with Gasteiger partial charge in [0.15, 0.2) is 0 Å². The van der Waals surface area contributed by atoms with E-state index in [9.17, 15) is 14.7 Å². The van der Waals surface area contributed by atoms with Gasteiger partial charge < -0.3 is 10.0 Å². The third-order valence-electron chi connectivity index (χ3n) is 3.96. The summed E-state index contributed by atoms with van der Waals surface area (Å²) < 4.78 is 2.44. The first-order valence-corrected chi connectivity index (χ1v) is 7.96. The summed E-state index contributed by atoms with van der Waals surface area (Å²) in [6.45, 7) is 0.689. The molecule has 0 bridgehead atoms. The molecule has 0 saturated heterocycles. The van der Waals surface area contributed by atoms with Crippen molar-refractivity contribution in [3.63, 3.8) is 0 Å². The number of carboxylic acid groups (broad SMARTS) is 1. The number of benzene rings is 1. The van der Waals surface area contributed by atoms with Gasteiger partial charge in [-0.3, -0.25) is 9.48 Å². The molecule has 0 fully saturated rings. The molecule has 0 saturated carbocycles. The maximum atomic E-state index is 12.5. The maximum absolute atomic E-state index is 12.5. The minimum atomic E-state index is -0.986. The number of carbonyl (C=O) groups excluding carboxylic acids is 1. The zero-order valence-electron chi connectivity index (χ0n) is 12.2. The molecule has 0 radical (unpaired) electrons. The van der Waals surface area contributed by atoms with Crippen molar-refractivity contribution in [3.8, 4) is 0 Å². The summed E-state index contributed by atoms with van der Waals surface area (Å²) in [7, 11) is 0. The van der Waals surface area contributed by atoms with Gasteiger partial charge in [0.2, 0.25) is 5.91 Å². The second kappa shape index (κ2) is 6.49. The fraction of sp³-hybridized carbons (Fsp3) is 0.333. The lowest BCUT2D eigenvalue weighted by atomic mass is 9.93. The number of carbonyl (C=O) groups is 2. The highest BCUT2D eigenvalue weighted by molar-refractivity contribution is 9.10. The van der Waals surface area contributed by atoms with Gasteiger partial charge in [-0.05, 0) is 17.2 Å². The van der Waals surface area contributed by atoms with Crippen molar-refractivity contribution < 1.29 is 14.7 Å². The lowest BCUT2D eigenvalue weighted by Gasteiger charge is -2.35. The third-order valence-corrected chi connectivity index (χ3v) is 4.70. The normalized spacial score (nSPS) is 16.9. The number of aliphatic carboxylic acids is 1. The number of rotatable bonds is 4. The fourth-order valence-corrected chi connectivity index (χ4v) is 3.33. The lowest BCUT2D eigenvalue weighted by Crippen LogP contribution is -2.48. The average Bonchev–Trinajstić information content (AvgIpc) is 3.05. The van der Waals surface area contributed by atoms with E-state index in [0.717, 1.165) is 15.6 Å². The first kappa shape index (κ1) is 15.7. The standard InChI is InChI=1S/C15H15BrN4O3/c16-12-3-1-2-10-7-20(13(15(22)23)6-11(10)12)14(21)4-5-19-9-17-8-18-19/h1-3,8-9,13H,4-7H2,(H,22,23). The molecule has 1 N–H and O–H groups in total. The van der Waals surface area contributed by atoms with Crippen molar-refractivity contribution in [1.82, 2.24) is 19.7 Å². The average molecular weight is 379 g/mol. The number of aromatic nitrogens is 3. The molecule has 7 nitrogen and oxygen atoms in total. The van der Waals surface area contributed by atoms with Gasteiger partial charge in [0.1, 0.15) is 18.7 Å². The van der Waals surface area contributed by atoms with Crippen LogP contribution < -0.4 is 0 Å². The monoisotopic (exact) mass is 378 g/mol. The van der Waals surface area contributed by atoms with Crippen molar-refractivity contribution in [2.45, 2.75) is 32.0 Å². The Labute approximate surface area is 141 Å². The van der Waals surface area contributed by atoms with Gasteiger partial charge in [-0.1, -0.05) is 28.1 Å². The summed E-state index contributed by atoms with van der Waals surface area (Å²) in [4.78, 5) is 29.3. The molecule has 0 spiro atoms. The molecule has 23 heavy (non-hydrogen) atoms. The summed E-state index contributed by atoms with van der Waals surface area (Å²) in [5, 5.41) is 13.4. The summed E-state index contributed by atoms with van der Waals surface area (Å²) in [5.74, 6) is -1.18. The van der Waals surface area contributed by atoms with Crippen molar-refractivity contribution >= 4 is 27.8 Å². The van der Waals surface area contributed by atoms with E-state index in [0.29, 0.717) is 19.5 Å². The Kier molecular flexibility index (Phi) is 4.42. The number of carboxylic acids is 1. The molecule has 120 valence electrons. The molecule has 1 aromatic carbocycles. The van der Waals surface area contributed by atoms with Gasteiger partial charge in [0.25, 0.3) is 0 Å². The number of halogens is 1. The summed E-state index contributed by atoms with van der Waals surface area (Å²) in [6, 6.07) is 4.86. The molecule has 1 unspecified atom stereocenters. The van der Waals surface area contributed by atoms with Crippen LogP contribution in [0.2, 0.25) is 0 Å². The Morgan fingerprint density at radius 3 is 2.91 bits per heavy atom. The topological polar surface area (TPSA) is 88.3 Å². The minimum absolute atomic E-state index is 0.191. The van der Waals surface area contributed by atoms with Crippen molar-refractivity contribution in [3.05, 3.63) is 46.5 Å². The van der Waals surface area contributed by atoms with Gasteiger partial charge in [-0.15, -0.1) is 0 Å². The molecule has 1 amide bonds. The van der Waals surface area contributed by atoms with Gasteiger partial charge in [0.05, 0.1) is 6.54 Å². The predicted octanol–water partition coefficient (Wildman–Crippen LogP) is 1.47. The molecule has 2 aromatic rings. The number of hydrogen-bond acceptors (Lipinski definition) is 4. The minimum Gasteiger partial charge on any atom is -0.480 e. The number of nitrogens with zero attached hydrogens (tertiary/aromatic N) is 4. The smallest absolute Gasteiger partial charge is 0.326 e. The van der Waals surface area contributed by atoms with Gasteiger partial charge in [-0.25, -0.2) is 9.78 Å². The zero-order valence-corrected chi connectivity index (χ0v) is 13.8. The Hall–Kier alpha value is -2.22. The zero-order chi connectivity index (χ0) is 16.4. The first-order chi connectivity index (χ1) is 11.1. The van der Waals surface area contributed by atoms with Crippen molar-refractivity contribution in [2.24, 2.45) is 0 Å². The molecule has 1 atom stereocenters. The van der Waals surface area contributed by atoms with Crippen LogP contribution in [0.3, 0.4) is 0 Å². The van der Waals surface area contributed by atoms with E-state index in [1.54, 1.807) is 4.68 Å². The van der Waals surface area contributed by atoms with Gasteiger partial charge >= 0.3 is 5.97 Å². The van der Waals surface area contributed by atoms with Crippen LogP contribution in [-0.2, 0) is 29.1 Å². The lowest BCUT2D eigenvalue weighted by molar-refractivity contribution is -0.151. The van der Waals surface area contributed by atoms with Gasteiger partial charge in [-0.2, -0.15) is 5.10 Å². The molecular weight excluding hydrogens is 364 g/mol. The quantitative estimate of drug-likeness (QED) is 0.869. The Balaban J connectivity index is 1.79. The molecule has 8 heteroatoms. The van der Waals surface area contributed by atoms with E-state index >= 15 is 0 Å². The Morgan fingerprint density at radius 2 is 2.22 bits per heavy atom. The van der Waals surface area contributed by atoms with Crippen LogP contribution in [-0.4, -0.2) is 42.7 Å². The summed E-state index contributed by atoms with van der Waals surface area (Å²) >= 11 is 3.46. The highest BCUT2D eigenvalue weighted by Crippen LogP contribution is 2.30. The first-order valence-electron chi connectivity index (χ1n) is 7.17. The second-order valence-corrected chi connectivity index (χ2v) is 6.22. The molecule has 1 aliphatic rings. The Bertz CT molecular complexity index is 732. The fourth-order valence-electron chi connectivity index (χ4n) is 2.76. The molecule has 1 aromatic heterocycles. The summed E-state index contributed by atoms with van der Waals surface area (Å²) in [6.07, 6.45) is 3.43. The molecule has 1 aliphatic heterocycles. The van der Waals surface area contributed by atoms with Crippen LogP contribution in [0.15, 0.2) is 35.3 Å². The largest absolute Gasteiger partial charge is 0.480 e. The highest BCUT2D eigenvalue weighted by Gasteiger charge is 2.35. The number of fused-ring (bicyclic) bond motifs is 1. The molecule has 3 rings (SSSR count). The van der Waals surface area contributed by atoms with Gasteiger partial charge in [0, 0.05) is 23.9 Å². The molecule has 2 heterocycles. The second-order valence-electron chi connectivity index (χ2n) is 5.37. The van der Waals surface area contributed by atoms with E-state index < -0.39 is 12.0 Å². The van der Waals surface area contributed by atoms with E-state index in [1.165, 1.54) is 17.6 Å². The van der Waals surface area contributed by atoms with E-state index in [-0.39, 0.29) is 12.3 Å². The predicted molar refractivity (Wildman–Crippen MR) is 84.5 cm³/mol. The van der Waals surface area contributed by atoms with Crippen LogP contribution in [0.5, 0.6) is 0 Å². The van der Waals surface area contributed by atoms with Crippen molar-refractivity contribution in [2.75, 3.05) is 0 Å². The van der Waals surface area contributed by atoms with Crippen LogP contribution in [0.1, 0.15) is 17.5 Å². The Morgan fingerprint density at radius 1 is 1.39 bits per heavy atom. The van der Waals surface area contributed by atoms with E-state index in [2.05, 4.69) is 26.0 Å². The van der Waals surface area contributed by atoms with Crippen LogP contribution in [0.25, 0.3) is 0 Å². The molecular formula is C15H15BrN4O3. The number of aryl methyl sites for hydroxylation is 1. The SMILES string of the molecule is O=C(O)C1Cc2c(Br)cccc2CN1C(=O)CCn1cncn1. The maximum Gasteiger partial charge on any atom is 0.326 e.